The van der Waals surface area contributed by atoms with Crippen LogP contribution in [0.1, 0.15) is 22.8 Å². The Morgan fingerprint density at radius 1 is 0.968 bits per heavy atom. The van der Waals surface area contributed by atoms with Crippen LogP contribution in [-0.2, 0) is 16.1 Å². The number of anilines is 1. The highest BCUT2D eigenvalue weighted by Crippen LogP contribution is 2.32. The number of fused-ring (bicyclic) bond motifs is 1. The molecule has 2 aliphatic rings. The van der Waals surface area contributed by atoms with Gasteiger partial charge in [-0.15, -0.1) is 0 Å². The number of benzene rings is 2. The van der Waals surface area contributed by atoms with E-state index in [1.165, 1.54) is 5.56 Å². The lowest BCUT2D eigenvalue weighted by molar-refractivity contribution is -0.117. The molecule has 1 N–H and O–H groups in total. The van der Waals surface area contributed by atoms with Crippen molar-refractivity contribution in [3.05, 3.63) is 53.6 Å². The molecule has 0 bridgehead atoms. The number of nitrogens with zero attached hydrogens (tertiary/aromatic N) is 2. The summed E-state index contributed by atoms with van der Waals surface area (Å²) in [5.41, 5.74) is 2.33. The van der Waals surface area contributed by atoms with Crippen molar-refractivity contribution < 1.29 is 23.8 Å². The average Bonchev–Trinajstić information content (AvgIpc) is 3.24. The predicted molar refractivity (Wildman–Crippen MR) is 115 cm³/mol. The number of amides is 1. The molecule has 0 aliphatic carbocycles. The second kappa shape index (κ2) is 9.80. The molecule has 1 amide bonds. The van der Waals surface area contributed by atoms with Crippen molar-refractivity contribution in [2.75, 3.05) is 51.4 Å². The van der Waals surface area contributed by atoms with Gasteiger partial charge >= 0.3 is 5.97 Å². The number of esters is 1. The molecule has 2 aromatic rings. The van der Waals surface area contributed by atoms with Crippen LogP contribution in [0.5, 0.6) is 11.5 Å². The van der Waals surface area contributed by atoms with E-state index in [-0.39, 0.29) is 18.7 Å². The minimum Gasteiger partial charge on any atom is -0.462 e. The highest BCUT2D eigenvalue weighted by molar-refractivity contribution is 5.94. The molecule has 8 heteroatoms. The Labute approximate surface area is 181 Å². The van der Waals surface area contributed by atoms with E-state index < -0.39 is 0 Å². The SMILES string of the molecule is CCOC(=O)c1ccc(NC(=O)CN2CCN(Cc3ccc4c(c3)OCO4)CC2)cc1. The van der Waals surface area contributed by atoms with Gasteiger partial charge in [-0.05, 0) is 48.9 Å². The maximum atomic E-state index is 12.4. The van der Waals surface area contributed by atoms with Gasteiger partial charge in [0.25, 0.3) is 0 Å². The summed E-state index contributed by atoms with van der Waals surface area (Å²) in [5, 5.41) is 2.89. The standard InChI is InChI=1S/C23H27N3O5/c1-2-29-23(28)18-4-6-19(7-5-18)24-22(27)15-26-11-9-25(10-12-26)14-17-3-8-20-21(13-17)31-16-30-20/h3-8,13H,2,9-12,14-16H2,1H3,(H,24,27). The molecule has 0 spiro atoms. The Morgan fingerprint density at radius 3 is 2.42 bits per heavy atom. The van der Waals surface area contributed by atoms with Gasteiger partial charge in [0.1, 0.15) is 0 Å². The highest BCUT2D eigenvalue weighted by atomic mass is 16.7. The Balaban J connectivity index is 1.20. The molecule has 0 radical (unpaired) electrons. The van der Waals surface area contributed by atoms with Crippen molar-refractivity contribution in [1.82, 2.24) is 9.80 Å². The lowest BCUT2D eigenvalue weighted by Crippen LogP contribution is -2.48. The summed E-state index contributed by atoms with van der Waals surface area (Å²) in [4.78, 5) is 28.6. The molecule has 0 atom stereocenters. The summed E-state index contributed by atoms with van der Waals surface area (Å²) in [6, 6.07) is 12.8. The van der Waals surface area contributed by atoms with Crippen LogP contribution < -0.4 is 14.8 Å². The zero-order chi connectivity index (χ0) is 21.6. The number of ether oxygens (including phenoxy) is 3. The molecule has 4 rings (SSSR count). The number of hydrogen-bond donors (Lipinski definition) is 1. The maximum Gasteiger partial charge on any atom is 0.338 e. The molecular formula is C23H27N3O5. The number of carbonyl (C=O) groups excluding carboxylic acids is 2. The van der Waals surface area contributed by atoms with Crippen molar-refractivity contribution in [2.24, 2.45) is 0 Å². The van der Waals surface area contributed by atoms with E-state index in [0.29, 0.717) is 24.4 Å². The van der Waals surface area contributed by atoms with Gasteiger partial charge in [-0.1, -0.05) is 6.07 Å². The predicted octanol–water partition coefficient (Wildman–Crippen LogP) is 2.35. The first-order chi connectivity index (χ1) is 15.1. The van der Waals surface area contributed by atoms with Gasteiger partial charge in [0.15, 0.2) is 11.5 Å². The summed E-state index contributed by atoms with van der Waals surface area (Å²) >= 11 is 0. The monoisotopic (exact) mass is 425 g/mol. The van der Waals surface area contributed by atoms with Gasteiger partial charge in [-0.2, -0.15) is 0 Å². The third kappa shape index (κ3) is 5.53. The number of carbonyl (C=O) groups is 2. The molecule has 2 aromatic carbocycles. The number of piperazine rings is 1. The lowest BCUT2D eigenvalue weighted by Gasteiger charge is -2.34. The molecule has 1 fully saturated rings. The second-order valence-electron chi connectivity index (χ2n) is 7.59. The van der Waals surface area contributed by atoms with Gasteiger partial charge < -0.3 is 19.5 Å². The fraction of sp³-hybridized carbons (Fsp3) is 0.391. The minimum absolute atomic E-state index is 0.0619. The first kappa shape index (κ1) is 21.1. The van der Waals surface area contributed by atoms with E-state index in [1.54, 1.807) is 31.2 Å². The quantitative estimate of drug-likeness (QED) is 0.682. The van der Waals surface area contributed by atoms with Crippen LogP contribution in [0, 0.1) is 0 Å². The summed E-state index contributed by atoms with van der Waals surface area (Å²) in [6.45, 7) is 7.05. The number of rotatable bonds is 7. The molecule has 164 valence electrons. The maximum absolute atomic E-state index is 12.4. The van der Waals surface area contributed by atoms with Crippen molar-refractivity contribution in [1.29, 1.82) is 0 Å². The van der Waals surface area contributed by atoms with E-state index in [2.05, 4.69) is 21.2 Å². The largest absolute Gasteiger partial charge is 0.462 e. The molecule has 0 aromatic heterocycles. The van der Waals surface area contributed by atoms with Crippen LogP contribution >= 0.6 is 0 Å². The molecular weight excluding hydrogens is 398 g/mol. The van der Waals surface area contributed by atoms with Gasteiger partial charge in [-0.25, -0.2) is 4.79 Å². The van der Waals surface area contributed by atoms with Gasteiger partial charge in [0.2, 0.25) is 12.7 Å². The topological polar surface area (TPSA) is 80.3 Å². The molecule has 8 nitrogen and oxygen atoms in total. The Hall–Kier alpha value is -3.10. The van der Waals surface area contributed by atoms with E-state index >= 15 is 0 Å². The van der Waals surface area contributed by atoms with Gasteiger partial charge in [-0.3, -0.25) is 14.6 Å². The molecule has 1 saturated heterocycles. The normalized spacial score (nSPS) is 16.2. The second-order valence-corrected chi connectivity index (χ2v) is 7.59. The highest BCUT2D eigenvalue weighted by Gasteiger charge is 2.20. The van der Waals surface area contributed by atoms with E-state index in [4.69, 9.17) is 14.2 Å². The van der Waals surface area contributed by atoms with Crippen molar-refractivity contribution in [3.63, 3.8) is 0 Å². The lowest BCUT2D eigenvalue weighted by atomic mass is 10.1. The molecule has 31 heavy (non-hydrogen) atoms. The van der Waals surface area contributed by atoms with Gasteiger partial charge in [0.05, 0.1) is 18.7 Å². The van der Waals surface area contributed by atoms with Gasteiger partial charge in [0, 0.05) is 38.4 Å². The smallest absolute Gasteiger partial charge is 0.338 e. The first-order valence-corrected chi connectivity index (χ1v) is 10.5. The Bertz CT molecular complexity index is 923. The summed E-state index contributed by atoms with van der Waals surface area (Å²) < 4.78 is 15.8. The number of nitrogens with one attached hydrogen (secondary N) is 1. The number of hydrogen-bond acceptors (Lipinski definition) is 7. The molecule has 2 aliphatic heterocycles. The molecule has 0 saturated carbocycles. The summed E-state index contributed by atoms with van der Waals surface area (Å²) in [6.07, 6.45) is 0. The minimum atomic E-state index is -0.362. The Kier molecular flexibility index (Phi) is 6.69. The first-order valence-electron chi connectivity index (χ1n) is 10.5. The van der Waals surface area contributed by atoms with Crippen LogP contribution in [0.25, 0.3) is 0 Å². The molecule has 2 heterocycles. The van der Waals surface area contributed by atoms with E-state index in [1.807, 2.05) is 12.1 Å². The average molecular weight is 425 g/mol. The van der Waals surface area contributed by atoms with Crippen LogP contribution in [0.15, 0.2) is 42.5 Å². The Morgan fingerprint density at radius 2 is 1.68 bits per heavy atom. The third-order valence-corrected chi connectivity index (χ3v) is 5.36. The molecule has 0 unspecified atom stereocenters. The summed E-state index contributed by atoms with van der Waals surface area (Å²) in [7, 11) is 0. The zero-order valence-corrected chi connectivity index (χ0v) is 17.6. The van der Waals surface area contributed by atoms with Crippen LogP contribution in [0.4, 0.5) is 5.69 Å². The summed E-state index contributed by atoms with van der Waals surface area (Å²) in [5.74, 6) is 1.19. The van der Waals surface area contributed by atoms with E-state index in [9.17, 15) is 9.59 Å². The third-order valence-electron chi connectivity index (χ3n) is 5.36. The van der Waals surface area contributed by atoms with Crippen molar-refractivity contribution in [2.45, 2.75) is 13.5 Å². The van der Waals surface area contributed by atoms with Crippen molar-refractivity contribution in [3.8, 4) is 11.5 Å². The fourth-order valence-electron chi connectivity index (χ4n) is 3.71. The fourth-order valence-corrected chi connectivity index (χ4v) is 3.71. The van der Waals surface area contributed by atoms with Crippen LogP contribution in [-0.4, -0.2) is 67.8 Å². The van der Waals surface area contributed by atoms with Crippen LogP contribution in [0.3, 0.4) is 0 Å². The van der Waals surface area contributed by atoms with E-state index in [0.717, 1.165) is 44.2 Å². The van der Waals surface area contributed by atoms with Crippen LogP contribution in [0.2, 0.25) is 0 Å². The van der Waals surface area contributed by atoms with Crippen molar-refractivity contribution >= 4 is 17.6 Å². The zero-order valence-electron chi connectivity index (χ0n) is 17.6.